The maximum absolute atomic E-state index is 10.6. The number of allylic oxidation sites excluding steroid dienone is 1. The third-order valence-electron chi connectivity index (χ3n) is 3.19. The lowest BCUT2D eigenvalue weighted by Gasteiger charge is -2.34. The minimum absolute atomic E-state index is 0.181. The van der Waals surface area contributed by atoms with Crippen molar-refractivity contribution < 1.29 is 9.53 Å². The van der Waals surface area contributed by atoms with Gasteiger partial charge in [0.25, 0.3) is 0 Å². The van der Waals surface area contributed by atoms with E-state index in [2.05, 4.69) is 12.7 Å². The lowest BCUT2D eigenvalue weighted by Crippen LogP contribution is -2.23. The smallest absolute Gasteiger partial charge is 0.302 e. The highest BCUT2D eigenvalue weighted by Crippen LogP contribution is 2.40. The molecule has 0 aromatic rings. The molecular formula is C12H20O2. The molecule has 0 radical (unpaired) electrons. The molecule has 2 heteroatoms. The zero-order valence-electron chi connectivity index (χ0n) is 9.05. The molecule has 14 heavy (non-hydrogen) atoms. The number of rotatable bonds is 4. The first kappa shape index (κ1) is 11.3. The second-order valence-electron chi connectivity index (χ2n) is 4.22. The Kier molecular flexibility index (Phi) is 4.18. The zero-order chi connectivity index (χ0) is 10.4. The summed E-state index contributed by atoms with van der Waals surface area (Å²) in [6.07, 6.45) is 9.32. The highest BCUT2D eigenvalue weighted by atomic mass is 16.5. The first-order chi connectivity index (χ1) is 6.68. The van der Waals surface area contributed by atoms with Gasteiger partial charge in [0.2, 0.25) is 0 Å². The summed E-state index contributed by atoms with van der Waals surface area (Å²) in [5, 5.41) is 0. The minimum atomic E-state index is -0.181. The van der Waals surface area contributed by atoms with Crippen LogP contribution in [-0.4, -0.2) is 12.6 Å². The molecule has 0 aliphatic heterocycles. The Morgan fingerprint density at radius 2 is 2.07 bits per heavy atom. The van der Waals surface area contributed by atoms with E-state index in [0.29, 0.717) is 6.61 Å². The second kappa shape index (κ2) is 5.18. The van der Waals surface area contributed by atoms with Gasteiger partial charge in [0.15, 0.2) is 0 Å². The number of hydrogen-bond donors (Lipinski definition) is 0. The number of carbonyl (C=O) groups is 1. The molecule has 0 unspecified atom stereocenters. The van der Waals surface area contributed by atoms with Crippen LogP contribution in [0.15, 0.2) is 12.7 Å². The maximum Gasteiger partial charge on any atom is 0.302 e. The lowest BCUT2D eigenvalue weighted by molar-refractivity contribution is -0.141. The van der Waals surface area contributed by atoms with Gasteiger partial charge >= 0.3 is 5.97 Å². The van der Waals surface area contributed by atoms with Gasteiger partial charge in [-0.05, 0) is 24.7 Å². The van der Waals surface area contributed by atoms with Crippen molar-refractivity contribution in [3.63, 3.8) is 0 Å². The molecule has 1 aliphatic carbocycles. The highest BCUT2D eigenvalue weighted by molar-refractivity contribution is 5.65. The fourth-order valence-corrected chi connectivity index (χ4v) is 2.21. The Morgan fingerprint density at radius 3 is 2.57 bits per heavy atom. The third kappa shape index (κ3) is 3.17. The summed E-state index contributed by atoms with van der Waals surface area (Å²) in [4.78, 5) is 10.6. The molecule has 0 aromatic heterocycles. The fraction of sp³-hybridized carbons (Fsp3) is 0.750. The molecule has 1 aliphatic rings. The van der Waals surface area contributed by atoms with Crippen LogP contribution < -0.4 is 0 Å². The van der Waals surface area contributed by atoms with E-state index in [1.54, 1.807) is 0 Å². The Labute approximate surface area is 86.3 Å². The molecular weight excluding hydrogens is 176 g/mol. The van der Waals surface area contributed by atoms with Crippen molar-refractivity contribution in [1.82, 2.24) is 0 Å². The molecule has 0 atom stereocenters. The Balaban J connectivity index is 2.36. The quantitative estimate of drug-likeness (QED) is 0.510. The Bertz CT molecular complexity index is 202. The zero-order valence-corrected chi connectivity index (χ0v) is 9.05. The van der Waals surface area contributed by atoms with Gasteiger partial charge in [-0.2, -0.15) is 0 Å². The standard InChI is InChI=1S/C12H20O2/c1-3-12(7-5-4-6-8-12)9-10-14-11(2)13/h3H,1,4-10H2,2H3. The average Bonchev–Trinajstić information content (AvgIpc) is 2.19. The molecule has 80 valence electrons. The van der Waals surface area contributed by atoms with E-state index in [0.717, 1.165) is 6.42 Å². The van der Waals surface area contributed by atoms with E-state index in [1.807, 2.05) is 0 Å². The molecule has 0 aromatic carbocycles. The number of hydrogen-bond acceptors (Lipinski definition) is 2. The number of ether oxygens (including phenoxy) is 1. The summed E-state index contributed by atoms with van der Waals surface area (Å²) in [7, 11) is 0. The van der Waals surface area contributed by atoms with Crippen LogP contribution in [0, 0.1) is 5.41 Å². The van der Waals surface area contributed by atoms with Crippen LogP contribution in [0.4, 0.5) is 0 Å². The van der Waals surface area contributed by atoms with Gasteiger partial charge in [-0.1, -0.05) is 25.3 Å². The number of esters is 1. The van der Waals surface area contributed by atoms with Crippen molar-refractivity contribution in [2.75, 3.05) is 6.61 Å². The Morgan fingerprint density at radius 1 is 1.43 bits per heavy atom. The van der Waals surface area contributed by atoms with Crippen molar-refractivity contribution in [3.05, 3.63) is 12.7 Å². The molecule has 0 saturated heterocycles. The molecule has 0 heterocycles. The van der Waals surface area contributed by atoms with Crippen LogP contribution in [-0.2, 0) is 9.53 Å². The van der Waals surface area contributed by atoms with Gasteiger partial charge < -0.3 is 4.74 Å². The molecule has 0 spiro atoms. The van der Waals surface area contributed by atoms with Gasteiger partial charge in [0.1, 0.15) is 0 Å². The second-order valence-corrected chi connectivity index (χ2v) is 4.22. The van der Waals surface area contributed by atoms with Crippen LogP contribution in [0.3, 0.4) is 0 Å². The van der Waals surface area contributed by atoms with Crippen LogP contribution in [0.1, 0.15) is 45.4 Å². The largest absolute Gasteiger partial charge is 0.466 e. The molecule has 2 nitrogen and oxygen atoms in total. The van der Waals surface area contributed by atoms with Crippen molar-refractivity contribution in [2.24, 2.45) is 5.41 Å². The normalized spacial score (nSPS) is 20.1. The van der Waals surface area contributed by atoms with E-state index in [9.17, 15) is 4.79 Å². The summed E-state index contributed by atoms with van der Waals surface area (Å²) in [6.45, 7) is 5.92. The first-order valence-electron chi connectivity index (χ1n) is 5.45. The highest BCUT2D eigenvalue weighted by Gasteiger charge is 2.28. The number of carbonyl (C=O) groups excluding carboxylic acids is 1. The van der Waals surface area contributed by atoms with E-state index < -0.39 is 0 Å². The van der Waals surface area contributed by atoms with E-state index >= 15 is 0 Å². The molecule has 0 amide bonds. The monoisotopic (exact) mass is 196 g/mol. The van der Waals surface area contributed by atoms with Crippen molar-refractivity contribution in [3.8, 4) is 0 Å². The minimum Gasteiger partial charge on any atom is -0.466 e. The molecule has 1 rings (SSSR count). The van der Waals surface area contributed by atoms with Crippen molar-refractivity contribution in [1.29, 1.82) is 0 Å². The lowest BCUT2D eigenvalue weighted by atomic mass is 9.72. The van der Waals surface area contributed by atoms with Crippen molar-refractivity contribution in [2.45, 2.75) is 45.4 Å². The predicted molar refractivity (Wildman–Crippen MR) is 57.0 cm³/mol. The SMILES string of the molecule is C=CC1(CCOC(C)=O)CCCCC1. The van der Waals surface area contributed by atoms with E-state index in [1.165, 1.54) is 39.0 Å². The van der Waals surface area contributed by atoms with Crippen LogP contribution >= 0.6 is 0 Å². The van der Waals surface area contributed by atoms with Gasteiger partial charge in [0, 0.05) is 6.92 Å². The van der Waals surface area contributed by atoms with Crippen LogP contribution in [0.25, 0.3) is 0 Å². The molecule has 0 N–H and O–H groups in total. The molecule has 0 bridgehead atoms. The summed E-state index contributed by atoms with van der Waals surface area (Å²) in [5.74, 6) is -0.181. The van der Waals surface area contributed by atoms with Gasteiger partial charge in [-0.3, -0.25) is 4.79 Å². The van der Waals surface area contributed by atoms with Gasteiger partial charge in [0.05, 0.1) is 6.61 Å². The van der Waals surface area contributed by atoms with Crippen LogP contribution in [0.2, 0.25) is 0 Å². The first-order valence-corrected chi connectivity index (χ1v) is 5.45. The maximum atomic E-state index is 10.6. The fourth-order valence-electron chi connectivity index (χ4n) is 2.21. The molecule has 1 saturated carbocycles. The summed E-state index contributed by atoms with van der Waals surface area (Å²) >= 11 is 0. The molecule has 1 fully saturated rings. The van der Waals surface area contributed by atoms with Gasteiger partial charge in [-0.25, -0.2) is 0 Å². The Hall–Kier alpha value is -0.790. The van der Waals surface area contributed by atoms with Crippen molar-refractivity contribution >= 4 is 5.97 Å². The third-order valence-corrected chi connectivity index (χ3v) is 3.19. The van der Waals surface area contributed by atoms with E-state index in [4.69, 9.17) is 4.74 Å². The topological polar surface area (TPSA) is 26.3 Å². The average molecular weight is 196 g/mol. The summed E-state index contributed by atoms with van der Waals surface area (Å²) in [6, 6.07) is 0. The van der Waals surface area contributed by atoms with Gasteiger partial charge in [-0.15, -0.1) is 6.58 Å². The predicted octanol–water partition coefficient (Wildman–Crippen LogP) is 3.08. The summed E-state index contributed by atoms with van der Waals surface area (Å²) < 4.78 is 4.98. The van der Waals surface area contributed by atoms with Crippen LogP contribution in [0.5, 0.6) is 0 Å². The summed E-state index contributed by atoms with van der Waals surface area (Å²) in [5.41, 5.74) is 0.244. The van der Waals surface area contributed by atoms with E-state index in [-0.39, 0.29) is 11.4 Å².